The summed E-state index contributed by atoms with van der Waals surface area (Å²) in [6, 6.07) is 30.4. The average molecular weight is 497 g/mol. The Bertz CT molecular complexity index is 1640. The quantitative estimate of drug-likeness (QED) is 0.290. The van der Waals surface area contributed by atoms with Crippen molar-refractivity contribution in [2.75, 3.05) is 5.32 Å². The minimum atomic E-state index is -3.77. The number of nitrogens with zero attached hydrogens (tertiary/aromatic N) is 1. The molecule has 4 aromatic carbocycles. The van der Waals surface area contributed by atoms with Gasteiger partial charge in [-0.25, -0.2) is 8.42 Å². The van der Waals surface area contributed by atoms with E-state index in [1.165, 1.54) is 6.20 Å². The Morgan fingerprint density at radius 1 is 0.833 bits per heavy atom. The Balaban J connectivity index is 1.43. The molecule has 0 bridgehead atoms. The minimum Gasteiger partial charge on any atom is -0.455 e. The normalized spacial score (nSPS) is 11.4. The van der Waals surface area contributed by atoms with Crippen LogP contribution in [0, 0.1) is 6.92 Å². The maximum atomic E-state index is 13.4. The summed E-state index contributed by atoms with van der Waals surface area (Å²) in [5, 5.41) is 3.46. The predicted molar refractivity (Wildman–Crippen MR) is 140 cm³/mol. The molecule has 5 aromatic rings. The Hall–Kier alpha value is -4.36. The summed E-state index contributed by atoms with van der Waals surface area (Å²) in [6.07, 6.45) is 1.53. The van der Waals surface area contributed by atoms with Gasteiger partial charge in [0.1, 0.15) is 12.3 Å². The monoisotopic (exact) mass is 496 g/mol. The SMILES string of the molecule is Cc1ccc(S(=O)(=O)c2cn(CC(=O)Nc3ccccc3Oc3ccccc3)c3ccccc23)cc1. The molecule has 0 fully saturated rings. The molecule has 1 aromatic heterocycles. The topological polar surface area (TPSA) is 77.4 Å². The molecule has 0 aliphatic carbocycles. The number of hydrogen-bond acceptors (Lipinski definition) is 4. The maximum absolute atomic E-state index is 13.4. The van der Waals surface area contributed by atoms with E-state index in [0.717, 1.165) is 5.56 Å². The molecule has 0 saturated carbocycles. The number of fused-ring (bicyclic) bond motifs is 1. The second kappa shape index (κ2) is 9.71. The van der Waals surface area contributed by atoms with E-state index >= 15 is 0 Å². The zero-order valence-corrected chi connectivity index (χ0v) is 20.4. The standard InChI is InChI=1S/C29H24N2O4S/c1-21-15-17-23(18-16-21)36(33,34)28-19-31(26-13-7-5-11-24(26)28)20-29(32)30-25-12-6-8-14-27(25)35-22-9-3-2-4-10-22/h2-19H,20H2,1H3,(H,30,32). The first-order chi connectivity index (χ1) is 17.4. The number of benzene rings is 4. The number of hydrogen-bond donors (Lipinski definition) is 1. The molecule has 7 heteroatoms. The zero-order chi connectivity index (χ0) is 25.1. The molecule has 1 amide bonds. The molecule has 0 spiro atoms. The first-order valence-electron chi connectivity index (χ1n) is 11.4. The van der Waals surface area contributed by atoms with Crippen LogP contribution in [-0.4, -0.2) is 18.9 Å². The highest BCUT2D eigenvalue weighted by atomic mass is 32.2. The number of amides is 1. The molecule has 0 atom stereocenters. The third kappa shape index (κ3) is 4.74. The van der Waals surface area contributed by atoms with Crippen molar-refractivity contribution in [1.29, 1.82) is 0 Å². The summed E-state index contributed by atoms with van der Waals surface area (Å²) >= 11 is 0. The molecule has 0 aliphatic heterocycles. The highest BCUT2D eigenvalue weighted by Crippen LogP contribution is 2.31. The Morgan fingerprint density at radius 2 is 1.50 bits per heavy atom. The van der Waals surface area contributed by atoms with Gasteiger partial charge in [0.15, 0.2) is 5.75 Å². The fraction of sp³-hybridized carbons (Fsp3) is 0.0690. The van der Waals surface area contributed by atoms with Gasteiger partial charge in [-0.3, -0.25) is 4.79 Å². The summed E-state index contributed by atoms with van der Waals surface area (Å²) in [5.41, 5.74) is 2.16. The molecule has 36 heavy (non-hydrogen) atoms. The third-order valence-corrected chi connectivity index (χ3v) is 7.62. The number of anilines is 1. The van der Waals surface area contributed by atoms with Crippen LogP contribution in [0.5, 0.6) is 11.5 Å². The largest absolute Gasteiger partial charge is 0.455 e. The van der Waals surface area contributed by atoms with Crippen LogP contribution in [0.1, 0.15) is 5.56 Å². The van der Waals surface area contributed by atoms with Crippen LogP contribution in [0.2, 0.25) is 0 Å². The molecular formula is C29H24N2O4S. The van der Waals surface area contributed by atoms with Gasteiger partial charge < -0.3 is 14.6 Å². The van der Waals surface area contributed by atoms with Crippen molar-refractivity contribution in [2.24, 2.45) is 0 Å². The van der Waals surface area contributed by atoms with Gasteiger partial charge >= 0.3 is 0 Å². The van der Waals surface area contributed by atoms with Crippen LogP contribution in [0.15, 0.2) is 119 Å². The summed E-state index contributed by atoms with van der Waals surface area (Å²) in [7, 11) is -3.77. The number of nitrogens with one attached hydrogen (secondary N) is 1. The van der Waals surface area contributed by atoms with E-state index in [1.807, 2.05) is 61.5 Å². The van der Waals surface area contributed by atoms with Crippen molar-refractivity contribution in [3.63, 3.8) is 0 Å². The zero-order valence-electron chi connectivity index (χ0n) is 19.6. The van der Waals surface area contributed by atoms with Crippen LogP contribution in [0.25, 0.3) is 10.9 Å². The molecule has 0 radical (unpaired) electrons. The van der Waals surface area contributed by atoms with Gasteiger partial charge in [0.25, 0.3) is 0 Å². The van der Waals surface area contributed by atoms with Crippen molar-refractivity contribution in [2.45, 2.75) is 23.3 Å². The number of aryl methyl sites for hydroxylation is 1. The van der Waals surface area contributed by atoms with Crippen LogP contribution < -0.4 is 10.1 Å². The number of ether oxygens (including phenoxy) is 1. The van der Waals surface area contributed by atoms with Crippen molar-refractivity contribution in [3.05, 3.63) is 115 Å². The van der Waals surface area contributed by atoms with Crippen molar-refractivity contribution in [3.8, 4) is 11.5 Å². The van der Waals surface area contributed by atoms with E-state index in [0.29, 0.717) is 28.1 Å². The Labute approximate surface area is 209 Å². The van der Waals surface area contributed by atoms with Gasteiger partial charge in [0, 0.05) is 17.1 Å². The van der Waals surface area contributed by atoms with E-state index < -0.39 is 9.84 Å². The lowest BCUT2D eigenvalue weighted by molar-refractivity contribution is -0.116. The molecule has 0 unspecified atom stereocenters. The first-order valence-corrected chi connectivity index (χ1v) is 12.9. The molecule has 180 valence electrons. The van der Waals surface area contributed by atoms with Gasteiger partial charge in [0.2, 0.25) is 15.7 Å². The maximum Gasteiger partial charge on any atom is 0.244 e. The van der Waals surface area contributed by atoms with Crippen LogP contribution in [0.3, 0.4) is 0 Å². The average Bonchev–Trinajstić information content (AvgIpc) is 3.25. The number of para-hydroxylation sites is 4. The van der Waals surface area contributed by atoms with E-state index in [2.05, 4.69) is 5.32 Å². The molecule has 1 N–H and O–H groups in total. The lowest BCUT2D eigenvalue weighted by Gasteiger charge is -2.13. The molecule has 1 heterocycles. The van der Waals surface area contributed by atoms with Crippen LogP contribution >= 0.6 is 0 Å². The van der Waals surface area contributed by atoms with Crippen molar-refractivity contribution < 1.29 is 17.9 Å². The second-order valence-corrected chi connectivity index (χ2v) is 10.3. The van der Waals surface area contributed by atoms with Gasteiger partial charge in [0.05, 0.1) is 15.5 Å². The summed E-state index contributed by atoms with van der Waals surface area (Å²) in [6.45, 7) is 1.84. The van der Waals surface area contributed by atoms with Crippen molar-refractivity contribution >= 4 is 32.3 Å². The second-order valence-electron chi connectivity index (χ2n) is 8.41. The van der Waals surface area contributed by atoms with E-state index in [-0.39, 0.29) is 22.2 Å². The number of carbonyl (C=O) groups excluding carboxylic acids is 1. The fourth-order valence-corrected chi connectivity index (χ4v) is 5.50. The highest BCUT2D eigenvalue weighted by Gasteiger charge is 2.24. The van der Waals surface area contributed by atoms with Crippen molar-refractivity contribution in [1.82, 2.24) is 4.57 Å². The number of rotatable bonds is 7. The van der Waals surface area contributed by atoms with E-state index in [4.69, 9.17) is 4.74 Å². The molecule has 6 nitrogen and oxygen atoms in total. The summed E-state index contributed by atoms with van der Waals surface area (Å²) < 4.78 is 34.5. The Kier molecular flexibility index (Phi) is 6.31. The smallest absolute Gasteiger partial charge is 0.244 e. The third-order valence-electron chi connectivity index (χ3n) is 5.82. The minimum absolute atomic E-state index is 0.0659. The number of aromatic nitrogens is 1. The van der Waals surface area contributed by atoms with Gasteiger partial charge in [-0.15, -0.1) is 0 Å². The van der Waals surface area contributed by atoms with E-state index in [9.17, 15) is 13.2 Å². The molecule has 0 aliphatic rings. The lowest BCUT2D eigenvalue weighted by atomic mass is 10.2. The van der Waals surface area contributed by atoms with Crippen LogP contribution in [0.4, 0.5) is 5.69 Å². The molecule has 5 rings (SSSR count). The summed E-state index contributed by atoms with van der Waals surface area (Å²) in [5.74, 6) is 0.859. The predicted octanol–water partition coefficient (Wildman–Crippen LogP) is 6.21. The molecule has 0 saturated heterocycles. The first kappa shape index (κ1) is 23.4. The van der Waals surface area contributed by atoms with Gasteiger partial charge in [-0.1, -0.05) is 66.2 Å². The number of sulfone groups is 1. The van der Waals surface area contributed by atoms with E-state index in [1.54, 1.807) is 53.1 Å². The van der Waals surface area contributed by atoms with Gasteiger partial charge in [-0.2, -0.15) is 0 Å². The summed E-state index contributed by atoms with van der Waals surface area (Å²) in [4.78, 5) is 13.4. The van der Waals surface area contributed by atoms with Gasteiger partial charge in [-0.05, 0) is 49.4 Å². The molecular weight excluding hydrogens is 472 g/mol. The number of carbonyl (C=O) groups is 1. The fourth-order valence-electron chi connectivity index (χ4n) is 4.02. The lowest BCUT2D eigenvalue weighted by Crippen LogP contribution is -2.18. The van der Waals surface area contributed by atoms with Crippen LogP contribution in [-0.2, 0) is 21.2 Å². The highest BCUT2D eigenvalue weighted by molar-refractivity contribution is 7.91. The Morgan fingerprint density at radius 3 is 2.28 bits per heavy atom.